The number of nitrogens with zero attached hydrogens (tertiary/aromatic N) is 2. The van der Waals surface area contributed by atoms with E-state index in [9.17, 15) is 18.0 Å². The maximum atomic E-state index is 13.1. The fourth-order valence-electron chi connectivity index (χ4n) is 4.43. The van der Waals surface area contributed by atoms with Gasteiger partial charge in [0.2, 0.25) is 21.8 Å². The molecule has 0 radical (unpaired) electrons. The quantitative estimate of drug-likeness (QED) is 0.726. The highest BCUT2D eigenvalue weighted by Crippen LogP contribution is 2.35. The first-order chi connectivity index (χ1) is 15.4. The number of anilines is 1. The van der Waals surface area contributed by atoms with Crippen LogP contribution in [-0.4, -0.2) is 43.7 Å². The Morgan fingerprint density at radius 3 is 2.44 bits per heavy atom. The number of carbonyl (C=O) groups excluding carboxylic acids is 2. The Morgan fingerprint density at radius 1 is 1.03 bits per heavy atom. The van der Waals surface area contributed by atoms with Crippen LogP contribution in [0.15, 0.2) is 53.4 Å². The van der Waals surface area contributed by atoms with Gasteiger partial charge < -0.3 is 5.32 Å². The van der Waals surface area contributed by atoms with Gasteiger partial charge in [-0.05, 0) is 42.2 Å². The molecule has 0 unspecified atom stereocenters. The van der Waals surface area contributed by atoms with Crippen molar-refractivity contribution in [2.45, 2.75) is 56.5 Å². The Hall–Kier alpha value is -2.71. The molecule has 32 heavy (non-hydrogen) atoms. The van der Waals surface area contributed by atoms with Gasteiger partial charge in [0.1, 0.15) is 6.04 Å². The number of carbonyl (C=O) groups is 2. The Morgan fingerprint density at radius 2 is 1.75 bits per heavy atom. The Bertz CT molecular complexity index is 1100. The third kappa shape index (κ3) is 4.42. The van der Waals surface area contributed by atoms with Gasteiger partial charge >= 0.3 is 0 Å². The number of sulfonamides is 1. The summed E-state index contributed by atoms with van der Waals surface area (Å²) in [6.07, 6.45) is 3.34. The first-order valence-corrected chi connectivity index (χ1v) is 12.6. The fraction of sp³-hybridized carbons (Fsp3) is 0.417. The molecule has 0 saturated carbocycles. The molecule has 1 N–H and O–H groups in total. The predicted molar refractivity (Wildman–Crippen MR) is 123 cm³/mol. The van der Waals surface area contributed by atoms with Crippen molar-refractivity contribution in [3.05, 3.63) is 59.7 Å². The molecule has 2 aromatic rings. The van der Waals surface area contributed by atoms with E-state index in [0.29, 0.717) is 37.3 Å². The summed E-state index contributed by atoms with van der Waals surface area (Å²) in [5, 5.41) is 2.92. The van der Waals surface area contributed by atoms with Gasteiger partial charge in [-0.15, -0.1) is 0 Å². The van der Waals surface area contributed by atoms with Crippen LogP contribution in [0.5, 0.6) is 0 Å². The number of hydrogen-bond acceptors (Lipinski definition) is 4. The molecule has 7 nitrogen and oxygen atoms in total. The van der Waals surface area contributed by atoms with Crippen LogP contribution in [0.4, 0.5) is 5.69 Å². The van der Waals surface area contributed by atoms with Crippen LogP contribution in [0.2, 0.25) is 0 Å². The van der Waals surface area contributed by atoms with Gasteiger partial charge in [0.25, 0.3) is 0 Å². The molecular formula is C24H29N3O4S. The summed E-state index contributed by atoms with van der Waals surface area (Å²) in [7, 11) is -3.58. The highest BCUT2D eigenvalue weighted by molar-refractivity contribution is 7.89. The van der Waals surface area contributed by atoms with Gasteiger partial charge in [-0.2, -0.15) is 4.31 Å². The molecule has 0 aliphatic carbocycles. The Balaban J connectivity index is 1.57. The van der Waals surface area contributed by atoms with E-state index in [1.54, 1.807) is 25.1 Å². The van der Waals surface area contributed by atoms with E-state index in [-0.39, 0.29) is 23.1 Å². The largest absolute Gasteiger partial charge is 0.350 e. The minimum absolute atomic E-state index is 0.157. The summed E-state index contributed by atoms with van der Waals surface area (Å²) < 4.78 is 27.7. The number of benzene rings is 2. The lowest BCUT2D eigenvalue weighted by Crippen LogP contribution is -2.47. The first kappa shape index (κ1) is 22.5. The first-order valence-electron chi connectivity index (χ1n) is 11.2. The van der Waals surface area contributed by atoms with Gasteiger partial charge in [-0.25, -0.2) is 8.42 Å². The zero-order valence-corrected chi connectivity index (χ0v) is 19.1. The number of amides is 2. The second-order valence-electron chi connectivity index (χ2n) is 8.30. The fourth-order valence-corrected chi connectivity index (χ4v) is 6.00. The molecule has 170 valence electrons. The normalized spacial score (nSPS) is 18.9. The maximum Gasteiger partial charge on any atom is 0.243 e. The van der Waals surface area contributed by atoms with Gasteiger partial charge in [-0.3, -0.25) is 14.5 Å². The minimum atomic E-state index is -3.58. The SMILES string of the molecule is CCC(=O)N1c2ccc(S(=O)(=O)N3CCCCC3)cc2C[C@H]1C(=O)NCc1ccccc1. The number of nitrogens with one attached hydrogen (secondary N) is 1. The zero-order chi connectivity index (χ0) is 22.7. The third-order valence-electron chi connectivity index (χ3n) is 6.17. The molecule has 2 heterocycles. The minimum Gasteiger partial charge on any atom is -0.350 e. The lowest BCUT2D eigenvalue weighted by Gasteiger charge is -2.26. The van der Waals surface area contributed by atoms with Crippen LogP contribution < -0.4 is 10.2 Å². The molecular weight excluding hydrogens is 426 g/mol. The van der Waals surface area contributed by atoms with E-state index in [1.807, 2.05) is 30.3 Å². The van der Waals surface area contributed by atoms with E-state index < -0.39 is 16.1 Å². The average molecular weight is 456 g/mol. The van der Waals surface area contributed by atoms with Crippen LogP contribution in [0.1, 0.15) is 43.7 Å². The highest BCUT2D eigenvalue weighted by Gasteiger charge is 2.38. The number of rotatable bonds is 6. The standard InChI is InChI=1S/C24H29N3O4S/c1-2-23(28)27-21-12-11-20(32(30,31)26-13-7-4-8-14-26)15-19(21)16-22(27)24(29)25-17-18-9-5-3-6-10-18/h3,5-6,9-12,15,22H,2,4,7-8,13-14,16-17H2,1H3,(H,25,29)/t22-/m0/s1. The van der Waals surface area contributed by atoms with Gasteiger partial charge in [0.15, 0.2) is 0 Å². The molecule has 4 rings (SSSR count). The summed E-state index contributed by atoms with van der Waals surface area (Å²) >= 11 is 0. The summed E-state index contributed by atoms with van der Waals surface area (Å²) in [4.78, 5) is 27.5. The molecule has 0 bridgehead atoms. The van der Waals surface area contributed by atoms with Crippen LogP contribution in [0, 0.1) is 0 Å². The molecule has 8 heteroatoms. The molecule has 2 amide bonds. The van der Waals surface area contributed by atoms with Crippen LogP contribution in [0.25, 0.3) is 0 Å². The molecule has 2 aliphatic heterocycles. The summed E-state index contributed by atoms with van der Waals surface area (Å²) in [6.45, 7) is 3.19. The van der Waals surface area contributed by atoms with Gasteiger partial charge in [-0.1, -0.05) is 43.7 Å². The van der Waals surface area contributed by atoms with E-state index in [2.05, 4.69) is 5.32 Å². The van der Waals surface area contributed by atoms with E-state index in [0.717, 1.165) is 24.8 Å². The molecule has 2 aromatic carbocycles. The molecule has 0 spiro atoms. The number of fused-ring (bicyclic) bond motifs is 1. The van der Waals surface area contributed by atoms with Crippen LogP contribution >= 0.6 is 0 Å². The smallest absolute Gasteiger partial charge is 0.243 e. The van der Waals surface area contributed by atoms with Crippen molar-refractivity contribution in [2.24, 2.45) is 0 Å². The Kier molecular flexibility index (Phi) is 6.62. The van der Waals surface area contributed by atoms with Crippen molar-refractivity contribution in [1.82, 2.24) is 9.62 Å². The number of piperidine rings is 1. The average Bonchev–Trinajstić information content (AvgIpc) is 3.22. The van der Waals surface area contributed by atoms with E-state index in [1.165, 1.54) is 9.21 Å². The third-order valence-corrected chi connectivity index (χ3v) is 8.07. The molecule has 1 atom stereocenters. The lowest BCUT2D eigenvalue weighted by molar-refractivity contribution is -0.126. The van der Waals surface area contributed by atoms with Crippen molar-refractivity contribution in [3.8, 4) is 0 Å². The lowest BCUT2D eigenvalue weighted by atomic mass is 10.1. The molecule has 2 aliphatic rings. The van der Waals surface area contributed by atoms with E-state index >= 15 is 0 Å². The summed E-state index contributed by atoms with van der Waals surface area (Å²) in [5.74, 6) is -0.400. The zero-order valence-electron chi connectivity index (χ0n) is 18.3. The van der Waals surface area contributed by atoms with Crippen LogP contribution in [-0.2, 0) is 32.6 Å². The van der Waals surface area contributed by atoms with Crippen molar-refractivity contribution in [3.63, 3.8) is 0 Å². The van der Waals surface area contributed by atoms with Crippen molar-refractivity contribution in [1.29, 1.82) is 0 Å². The second kappa shape index (κ2) is 9.42. The van der Waals surface area contributed by atoms with Gasteiger partial charge in [0, 0.05) is 38.2 Å². The van der Waals surface area contributed by atoms with Crippen molar-refractivity contribution >= 4 is 27.5 Å². The van der Waals surface area contributed by atoms with Crippen molar-refractivity contribution in [2.75, 3.05) is 18.0 Å². The molecule has 1 fully saturated rings. The second-order valence-corrected chi connectivity index (χ2v) is 10.2. The Labute approximate surface area is 189 Å². The topological polar surface area (TPSA) is 86.8 Å². The van der Waals surface area contributed by atoms with E-state index in [4.69, 9.17) is 0 Å². The summed E-state index contributed by atoms with van der Waals surface area (Å²) in [5.41, 5.74) is 2.30. The highest BCUT2D eigenvalue weighted by atomic mass is 32.2. The molecule has 1 saturated heterocycles. The summed E-state index contributed by atoms with van der Waals surface area (Å²) in [6, 6.07) is 13.8. The maximum absolute atomic E-state index is 13.1. The van der Waals surface area contributed by atoms with Gasteiger partial charge in [0.05, 0.1) is 4.90 Å². The number of hydrogen-bond donors (Lipinski definition) is 1. The predicted octanol–water partition coefficient (Wildman–Crippen LogP) is 2.85. The van der Waals surface area contributed by atoms with Crippen molar-refractivity contribution < 1.29 is 18.0 Å². The van der Waals surface area contributed by atoms with Crippen LogP contribution in [0.3, 0.4) is 0 Å². The molecule has 0 aromatic heterocycles. The monoisotopic (exact) mass is 455 g/mol.